The molecule has 6 atom stereocenters. The number of fused-ring (bicyclic) bond motifs is 2. The second-order valence-corrected chi connectivity index (χ2v) is 9.48. The molecule has 0 radical (unpaired) electrons. The minimum absolute atomic E-state index is 0.396. The highest BCUT2D eigenvalue weighted by molar-refractivity contribution is 4.95. The Morgan fingerprint density at radius 3 is 2.33 bits per heavy atom. The Morgan fingerprint density at radius 1 is 1.00 bits per heavy atom. The maximum Gasteiger partial charge on any atom is 0.0247 e. The van der Waals surface area contributed by atoms with Crippen molar-refractivity contribution < 1.29 is 0 Å². The highest BCUT2D eigenvalue weighted by atomic mass is 15.2. The van der Waals surface area contributed by atoms with Crippen LogP contribution in [0.3, 0.4) is 0 Å². The molecule has 0 amide bonds. The van der Waals surface area contributed by atoms with Gasteiger partial charge in [0.15, 0.2) is 0 Å². The van der Waals surface area contributed by atoms with Crippen molar-refractivity contribution in [2.45, 2.75) is 77.8 Å². The first-order valence-electron chi connectivity index (χ1n) is 9.30. The molecule has 6 unspecified atom stereocenters. The zero-order chi connectivity index (χ0) is 15.2. The Morgan fingerprint density at radius 2 is 1.76 bits per heavy atom. The number of hydrogen-bond acceptors (Lipinski definition) is 2. The van der Waals surface area contributed by atoms with E-state index >= 15 is 0 Å². The molecule has 0 saturated heterocycles. The van der Waals surface area contributed by atoms with E-state index in [2.05, 4.69) is 32.7 Å². The van der Waals surface area contributed by atoms with Crippen molar-refractivity contribution in [3.63, 3.8) is 0 Å². The standard InChI is InChI=1S/C19H36N2/c1-19(2,3)16-7-8-17(20)18(11-16)21(4)12-15-10-13-5-6-14(15)9-13/h13-18H,5-12,20H2,1-4H3. The van der Waals surface area contributed by atoms with Crippen molar-refractivity contribution in [1.82, 2.24) is 4.90 Å². The topological polar surface area (TPSA) is 29.3 Å². The summed E-state index contributed by atoms with van der Waals surface area (Å²) in [5.74, 6) is 3.91. The fourth-order valence-corrected chi connectivity index (χ4v) is 5.57. The van der Waals surface area contributed by atoms with Gasteiger partial charge in [-0.25, -0.2) is 0 Å². The van der Waals surface area contributed by atoms with Gasteiger partial charge in [0, 0.05) is 18.6 Å². The zero-order valence-corrected chi connectivity index (χ0v) is 14.6. The Labute approximate surface area is 131 Å². The van der Waals surface area contributed by atoms with Crippen LogP contribution in [0.15, 0.2) is 0 Å². The molecule has 0 aliphatic heterocycles. The van der Waals surface area contributed by atoms with Crippen molar-refractivity contribution in [3.05, 3.63) is 0 Å². The van der Waals surface area contributed by atoms with Crippen LogP contribution in [0.2, 0.25) is 0 Å². The average molecular weight is 293 g/mol. The number of nitrogens with two attached hydrogens (primary N) is 1. The summed E-state index contributed by atoms with van der Waals surface area (Å²) >= 11 is 0. The van der Waals surface area contributed by atoms with E-state index in [9.17, 15) is 0 Å². The van der Waals surface area contributed by atoms with Gasteiger partial charge in [-0.1, -0.05) is 27.2 Å². The smallest absolute Gasteiger partial charge is 0.0247 e. The van der Waals surface area contributed by atoms with Gasteiger partial charge in [0.1, 0.15) is 0 Å². The summed E-state index contributed by atoms with van der Waals surface area (Å²) in [5.41, 5.74) is 6.93. The quantitative estimate of drug-likeness (QED) is 0.855. The predicted octanol–water partition coefficient (Wildman–Crippen LogP) is 3.90. The van der Waals surface area contributed by atoms with Crippen molar-refractivity contribution in [1.29, 1.82) is 0 Å². The monoisotopic (exact) mass is 292 g/mol. The summed E-state index contributed by atoms with van der Waals surface area (Å²) in [7, 11) is 2.35. The molecule has 3 aliphatic rings. The molecule has 2 nitrogen and oxygen atoms in total. The summed E-state index contributed by atoms with van der Waals surface area (Å²) in [4.78, 5) is 2.65. The molecule has 0 spiro atoms. The van der Waals surface area contributed by atoms with E-state index in [0.717, 1.165) is 23.7 Å². The van der Waals surface area contributed by atoms with Crippen LogP contribution in [-0.4, -0.2) is 30.6 Å². The second-order valence-electron chi connectivity index (χ2n) is 9.48. The molecule has 0 aromatic rings. The van der Waals surface area contributed by atoms with Crippen LogP contribution in [0.25, 0.3) is 0 Å². The average Bonchev–Trinajstić information content (AvgIpc) is 2.99. The molecule has 2 bridgehead atoms. The highest BCUT2D eigenvalue weighted by Gasteiger charge is 2.42. The van der Waals surface area contributed by atoms with Crippen molar-refractivity contribution >= 4 is 0 Å². The molecule has 3 fully saturated rings. The first-order chi connectivity index (χ1) is 9.84. The van der Waals surface area contributed by atoms with Gasteiger partial charge >= 0.3 is 0 Å². The second kappa shape index (κ2) is 5.85. The normalized spacial score (nSPS) is 43.7. The fourth-order valence-electron chi connectivity index (χ4n) is 5.57. The van der Waals surface area contributed by atoms with E-state index in [1.165, 1.54) is 51.5 Å². The van der Waals surface area contributed by atoms with Gasteiger partial charge in [0.25, 0.3) is 0 Å². The van der Waals surface area contributed by atoms with Gasteiger partial charge < -0.3 is 10.6 Å². The van der Waals surface area contributed by atoms with Gasteiger partial charge in [-0.2, -0.15) is 0 Å². The van der Waals surface area contributed by atoms with Crippen molar-refractivity contribution in [2.24, 2.45) is 34.8 Å². The van der Waals surface area contributed by atoms with E-state index in [-0.39, 0.29) is 0 Å². The fraction of sp³-hybridized carbons (Fsp3) is 1.00. The predicted molar refractivity (Wildman–Crippen MR) is 90.1 cm³/mol. The minimum Gasteiger partial charge on any atom is -0.326 e. The van der Waals surface area contributed by atoms with Crippen molar-refractivity contribution in [3.8, 4) is 0 Å². The first-order valence-corrected chi connectivity index (χ1v) is 9.30. The van der Waals surface area contributed by atoms with Crippen molar-refractivity contribution in [2.75, 3.05) is 13.6 Å². The maximum absolute atomic E-state index is 6.49. The molecule has 0 heterocycles. The van der Waals surface area contributed by atoms with Crippen LogP contribution < -0.4 is 5.73 Å². The zero-order valence-electron chi connectivity index (χ0n) is 14.6. The molecule has 0 aromatic carbocycles. The lowest BCUT2D eigenvalue weighted by molar-refractivity contribution is 0.0691. The molecule has 3 saturated carbocycles. The number of nitrogens with zero attached hydrogens (tertiary/aromatic N) is 1. The third-order valence-corrected chi connectivity index (χ3v) is 7.07. The summed E-state index contributed by atoms with van der Waals surface area (Å²) < 4.78 is 0. The SMILES string of the molecule is CN(CC1CC2CCC1C2)C1CC(C(C)(C)C)CCC1N. The Balaban J connectivity index is 1.58. The Hall–Kier alpha value is -0.0800. The van der Waals surface area contributed by atoms with Gasteiger partial charge in [0.05, 0.1) is 0 Å². The molecule has 0 aromatic heterocycles. The minimum atomic E-state index is 0.396. The molecule has 122 valence electrons. The number of rotatable bonds is 3. The maximum atomic E-state index is 6.49. The lowest BCUT2D eigenvalue weighted by Crippen LogP contribution is -2.52. The van der Waals surface area contributed by atoms with E-state index < -0.39 is 0 Å². The Bertz CT molecular complexity index is 359. The lowest BCUT2D eigenvalue weighted by atomic mass is 9.69. The summed E-state index contributed by atoms with van der Waals surface area (Å²) in [5, 5.41) is 0. The molecule has 2 heteroatoms. The molecule has 3 rings (SSSR count). The van der Waals surface area contributed by atoms with E-state index in [0.29, 0.717) is 17.5 Å². The first kappa shape index (κ1) is 15.8. The van der Waals surface area contributed by atoms with E-state index in [1.807, 2.05) is 0 Å². The van der Waals surface area contributed by atoms with Gasteiger partial charge in [-0.3, -0.25) is 0 Å². The summed E-state index contributed by atoms with van der Waals surface area (Å²) in [6, 6.07) is 1.01. The highest BCUT2D eigenvalue weighted by Crippen LogP contribution is 2.49. The molecular weight excluding hydrogens is 256 g/mol. The van der Waals surface area contributed by atoms with Crippen LogP contribution in [0.4, 0.5) is 0 Å². The van der Waals surface area contributed by atoms with Crippen LogP contribution >= 0.6 is 0 Å². The van der Waals surface area contributed by atoms with Crippen LogP contribution in [0, 0.1) is 29.1 Å². The largest absolute Gasteiger partial charge is 0.326 e. The molecular formula is C19H36N2. The van der Waals surface area contributed by atoms with E-state index in [4.69, 9.17) is 5.73 Å². The van der Waals surface area contributed by atoms with Crippen LogP contribution in [0.1, 0.15) is 65.7 Å². The van der Waals surface area contributed by atoms with E-state index in [1.54, 1.807) is 0 Å². The van der Waals surface area contributed by atoms with Gasteiger partial charge in [-0.15, -0.1) is 0 Å². The number of hydrogen-bond donors (Lipinski definition) is 1. The number of likely N-dealkylation sites (N-methyl/N-ethyl adjacent to an activating group) is 1. The van der Waals surface area contributed by atoms with Gasteiger partial charge in [0.2, 0.25) is 0 Å². The molecule has 2 N–H and O–H groups in total. The molecule has 3 aliphatic carbocycles. The third kappa shape index (κ3) is 3.32. The molecule has 21 heavy (non-hydrogen) atoms. The van der Waals surface area contributed by atoms with Gasteiger partial charge in [-0.05, 0) is 74.7 Å². The third-order valence-electron chi connectivity index (χ3n) is 7.07. The summed E-state index contributed by atoms with van der Waals surface area (Å²) in [6.07, 6.45) is 9.89. The summed E-state index contributed by atoms with van der Waals surface area (Å²) in [6.45, 7) is 8.51. The lowest BCUT2D eigenvalue weighted by Gasteiger charge is -2.45. The van der Waals surface area contributed by atoms with Crippen LogP contribution in [-0.2, 0) is 0 Å². The van der Waals surface area contributed by atoms with Crippen LogP contribution in [0.5, 0.6) is 0 Å². The Kier molecular flexibility index (Phi) is 4.40.